The number of rotatable bonds is 6. The minimum atomic E-state index is -0.0164. The Labute approximate surface area is 180 Å². The lowest BCUT2D eigenvalue weighted by Gasteiger charge is -2.22. The van der Waals surface area contributed by atoms with Gasteiger partial charge in [-0.05, 0) is 31.2 Å². The fourth-order valence-corrected chi connectivity index (χ4v) is 3.94. The molecule has 5 nitrogen and oxygen atoms in total. The van der Waals surface area contributed by atoms with Crippen LogP contribution in [0.4, 0.5) is 11.4 Å². The second-order valence-corrected chi connectivity index (χ2v) is 7.86. The lowest BCUT2D eigenvalue weighted by atomic mass is 10.1. The third-order valence-corrected chi connectivity index (χ3v) is 5.75. The van der Waals surface area contributed by atoms with Crippen LogP contribution in [0.3, 0.4) is 0 Å². The Hall–Kier alpha value is -3.38. The van der Waals surface area contributed by atoms with Crippen molar-refractivity contribution >= 4 is 29.0 Å². The largest absolute Gasteiger partial charge is 0.305 e. The minimum Gasteiger partial charge on any atom is -0.305 e. The van der Waals surface area contributed by atoms with Crippen LogP contribution in [0.5, 0.6) is 0 Å². The summed E-state index contributed by atoms with van der Waals surface area (Å²) < 4.78 is 1.93. The Kier molecular flexibility index (Phi) is 5.95. The molecule has 150 valence electrons. The molecule has 0 unspecified atom stereocenters. The summed E-state index contributed by atoms with van der Waals surface area (Å²) >= 11 is 1.39. The third-order valence-electron chi connectivity index (χ3n) is 4.75. The van der Waals surface area contributed by atoms with Gasteiger partial charge in [-0.3, -0.25) is 9.69 Å². The van der Waals surface area contributed by atoms with Gasteiger partial charge in [0.05, 0.1) is 5.75 Å². The number of aryl methyl sites for hydroxylation is 1. The Balaban J connectivity index is 1.54. The number of carbonyl (C=O) groups is 1. The maximum Gasteiger partial charge on any atom is 0.242 e. The van der Waals surface area contributed by atoms with Gasteiger partial charge in [-0.15, -0.1) is 10.2 Å². The number of anilines is 2. The summed E-state index contributed by atoms with van der Waals surface area (Å²) in [4.78, 5) is 14.9. The molecular formula is C24H22N4OS. The molecule has 1 heterocycles. The molecule has 0 bridgehead atoms. The van der Waals surface area contributed by atoms with Gasteiger partial charge < -0.3 is 4.57 Å². The molecule has 0 N–H and O–H groups in total. The minimum absolute atomic E-state index is 0.0164. The number of aromatic nitrogens is 3. The van der Waals surface area contributed by atoms with E-state index in [1.54, 1.807) is 4.90 Å². The van der Waals surface area contributed by atoms with E-state index in [9.17, 15) is 4.79 Å². The van der Waals surface area contributed by atoms with Crippen LogP contribution in [0.25, 0.3) is 11.4 Å². The maximum absolute atomic E-state index is 13.2. The average molecular weight is 415 g/mol. The molecule has 0 aliphatic heterocycles. The van der Waals surface area contributed by atoms with E-state index >= 15 is 0 Å². The Morgan fingerprint density at radius 3 is 2.00 bits per heavy atom. The van der Waals surface area contributed by atoms with Crippen molar-refractivity contribution in [2.75, 3.05) is 10.7 Å². The van der Waals surface area contributed by atoms with Crippen molar-refractivity contribution in [3.8, 4) is 11.4 Å². The lowest BCUT2D eigenvalue weighted by molar-refractivity contribution is -0.115. The zero-order chi connectivity index (χ0) is 20.9. The van der Waals surface area contributed by atoms with E-state index in [4.69, 9.17) is 0 Å². The first-order valence-corrected chi connectivity index (χ1v) is 10.6. The van der Waals surface area contributed by atoms with Crippen LogP contribution in [0.15, 0.2) is 90.1 Å². The number of nitrogens with zero attached hydrogens (tertiary/aromatic N) is 4. The van der Waals surface area contributed by atoms with E-state index in [-0.39, 0.29) is 11.7 Å². The first-order chi connectivity index (χ1) is 14.6. The first-order valence-electron chi connectivity index (χ1n) is 9.66. The highest BCUT2D eigenvalue weighted by Gasteiger charge is 2.20. The quantitative estimate of drug-likeness (QED) is 0.405. The van der Waals surface area contributed by atoms with Crippen molar-refractivity contribution in [2.45, 2.75) is 12.1 Å². The van der Waals surface area contributed by atoms with Crippen LogP contribution >= 0.6 is 11.8 Å². The van der Waals surface area contributed by atoms with Crippen molar-refractivity contribution in [1.82, 2.24) is 14.8 Å². The first kappa shape index (κ1) is 19.9. The number of hydrogen-bond acceptors (Lipinski definition) is 4. The normalized spacial score (nSPS) is 10.7. The van der Waals surface area contributed by atoms with Crippen molar-refractivity contribution in [3.63, 3.8) is 0 Å². The van der Waals surface area contributed by atoms with Crippen LogP contribution in [-0.2, 0) is 11.8 Å². The second kappa shape index (κ2) is 8.97. The fraction of sp³-hybridized carbons (Fsp3) is 0.125. The van der Waals surface area contributed by atoms with E-state index < -0.39 is 0 Å². The Morgan fingerprint density at radius 2 is 1.43 bits per heavy atom. The summed E-state index contributed by atoms with van der Waals surface area (Å²) in [5.74, 6) is 1.02. The molecule has 30 heavy (non-hydrogen) atoms. The molecule has 0 saturated carbocycles. The number of para-hydroxylation sites is 2. The Morgan fingerprint density at radius 1 is 0.867 bits per heavy atom. The zero-order valence-corrected chi connectivity index (χ0v) is 17.7. The van der Waals surface area contributed by atoms with Gasteiger partial charge in [-0.25, -0.2) is 0 Å². The standard InChI is InChI=1S/C24H22N4OS/c1-18-13-15-19(16-14-18)23-25-26-24(27(23)2)30-17-22(29)28(20-9-5-3-6-10-20)21-11-7-4-8-12-21/h3-16H,17H2,1-2H3. The molecule has 4 aromatic rings. The second-order valence-electron chi connectivity index (χ2n) is 6.92. The summed E-state index contributed by atoms with van der Waals surface area (Å²) in [7, 11) is 1.92. The van der Waals surface area contributed by atoms with Crippen molar-refractivity contribution in [2.24, 2.45) is 7.05 Å². The van der Waals surface area contributed by atoms with Gasteiger partial charge >= 0.3 is 0 Å². The van der Waals surface area contributed by atoms with Gasteiger partial charge in [0.1, 0.15) is 0 Å². The summed E-state index contributed by atoms with van der Waals surface area (Å²) in [5, 5.41) is 9.33. The van der Waals surface area contributed by atoms with E-state index in [2.05, 4.69) is 29.3 Å². The molecule has 0 atom stereocenters. The summed E-state index contributed by atoms with van der Waals surface area (Å²) in [6.07, 6.45) is 0. The number of amides is 1. The number of thioether (sulfide) groups is 1. The van der Waals surface area contributed by atoms with Crippen molar-refractivity contribution < 1.29 is 4.79 Å². The lowest BCUT2D eigenvalue weighted by Crippen LogP contribution is -2.27. The number of carbonyl (C=O) groups excluding carboxylic acids is 1. The molecule has 0 saturated heterocycles. The van der Waals surface area contributed by atoms with Crippen LogP contribution in [0.2, 0.25) is 0 Å². The number of hydrogen-bond donors (Lipinski definition) is 0. The third kappa shape index (κ3) is 4.28. The molecule has 0 aliphatic rings. The summed E-state index contributed by atoms with van der Waals surface area (Å²) in [5.41, 5.74) is 3.88. The molecule has 0 fully saturated rings. The van der Waals surface area contributed by atoms with Gasteiger partial charge in [0.15, 0.2) is 11.0 Å². The van der Waals surface area contributed by atoms with E-state index in [0.717, 1.165) is 22.8 Å². The maximum atomic E-state index is 13.2. The topological polar surface area (TPSA) is 51.0 Å². The predicted molar refractivity (Wildman–Crippen MR) is 122 cm³/mol. The van der Waals surface area contributed by atoms with Gasteiger partial charge in [-0.1, -0.05) is 78.0 Å². The van der Waals surface area contributed by atoms with Crippen molar-refractivity contribution in [1.29, 1.82) is 0 Å². The molecule has 3 aromatic carbocycles. The molecule has 0 aliphatic carbocycles. The SMILES string of the molecule is Cc1ccc(-c2nnc(SCC(=O)N(c3ccccc3)c3ccccc3)n2C)cc1. The smallest absolute Gasteiger partial charge is 0.242 e. The van der Waals surface area contributed by atoms with E-state index in [1.807, 2.05) is 84.4 Å². The molecule has 1 amide bonds. The molecule has 6 heteroatoms. The molecule has 0 spiro atoms. The van der Waals surface area contributed by atoms with Gasteiger partial charge in [0.2, 0.25) is 5.91 Å². The van der Waals surface area contributed by atoms with Gasteiger partial charge in [0.25, 0.3) is 0 Å². The average Bonchev–Trinajstić information content (AvgIpc) is 3.15. The number of benzene rings is 3. The highest BCUT2D eigenvalue weighted by Crippen LogP contribution is 2.28. The van der Waals surface area contributed by atoms with Crippen LogP contribution in [0, 0.1) is 6.92 Å². The van der Waals surface area contributed by atoms with Gasteiger partial charge in [-0.2, -0.15) is 0 Å². The molecular weight excluding hydrogens is 392 g/mol. The van der Waals surface area contributed by atoms with E-state index in [1.165, 1.54) is 17.3 Å². The monoisotopic (exact) mass is 414 g/mol. The Bertz CT molecular complexity index is 1090. The van der Waals surface area contributed by atoms with Gasteiger partial charge in [0, 0.05) is 24.0 Å². The van der Waals surface area contributed by atoms with Crippen LogP contribution in [-0.4, -0.2) is 26.4 Å². The fourth-order valence-electron chi connectivity index (χ4n) is 3.18. The highest BCUT2D eigenvalue weighted by atomic mass is 32.2. The van der Waals surface area contributed by atoms with E-state index in [0.29, 0.717) is 5.16 Å². The molecule has 1 aromatic heterocycles. The highest BCUT2D eigenvalue weighted by molar-refractivity contribution is 7.99. The summed E-state index contributed by atoms with van der Waals surface area (Å²) in [6.45, 7) is 2.05. The molecule has 4 rings (SSSR count). The zero-order valence-electron chi connectivity index (χ0n) is 16.9. The summed E-state index contributed by atoms with van der Waals surface area (Å²) in [6, 6.07) is 27.5. The van der Waals surface area contributed by atoms with Crippen LogP contribution in [0.1, 0.15) is 5.56 Å². The van der Waals surface area contributed by atoms with Crippen LogP contribution < -0.4 is 4.90 Å². The van der Waals surface area contributed by atoms with Crippen molar-refractivity contribution in [3.05, 3.63) is 90.5 Å². The predicted octanol–water partition coefficient (Wildman–Crippen LogP) is 5.25. The molecule has 0 radical (unpaired) electrons.